The number of nitrogens with zero attached hydrogens (tertiary/aromatic N) is 1. The Balaban J connectivity index is 0.000000461. The van der Waals surface area contributed by atoms with Gasteiger partial charge in [-0.2, -0.15) is 0 Å². The van der Waals surface area contributed by atoms with Gasteiger partial charge in [-0.25, -0.2) is 0 Å². The molecular weight excluding hydrogens is 172 g/mol. The molecule has 0 saturated carbocycles. The third-order valence-electron chi connectivity index (χ3n) is 1.82. The van der Waals surface area contributed by atoms with E-state index in [1.54, 1.807) is 6.20 Å². The van der Waals surface area contributed by atoms with Crippen molar-refractivity contribution in [1.29, 1.82) is 0 Å². The van der Waals surface area contributed by atoms with Gasteiger partial charge in [-0.1, -0.05) is 26.0 Å². The molecule has 0 radical (unpaired) electrons. The maximum Gasteiger partial charge on any atom is 0.0346 e. The standard InChI is InChI=1S/C10H10N2.C2H6/c1-2-10(8-12-5-1)9-3-6-11-7-4-9;1-2/h1-6,8,11H,7H2;1-2H3. The Kier molecular flexibility index (Phi) is 4.48. The van der Waals surface area contributed by atoms with Gasteiger partial charge in [0.15, 0.2) is 0 Å². The smallest absolute Gasteiger partial charge is 0.0346 e. The topological polar surface area (TPSA) is 24.9 Å². The van der Waals surface area contributed by atoms with Crippen molar-refractivity contribution in [3.63, 3.8) is 0 Å². The Morgan fingerprint density at radius 3 is 2.79 bits per heavy atom. The fourth-order valence-corrected chi connectivity index (χ4v) is 1.20. The lowest BCUT2D eigenvalue weighted by Gasteiger charge is -2.07. The molecule has 1 N–H and O–H groups in total. The highest BCUT2D eigenvalue weighted by atomic mass is 14.8. The van der Waals surface area contributed by atoms with Crippen molar-refractivity contribution in [3.8, 4) is 0 Å². The van der Waals surface area contributed by atoms with E-state index in [1.165, 1.54) is 11.1 Å². The molecule has 1 aromatic rings. The number of rotatable bonds is 1. The summed E-state index contributed by atoms with van der Waals surface area (Å²) in [4.78, 5) is 4.06. The molecule has 0 unspecified atom stereocenters. The Bertz CT molecular complexity index is 312. The van der Waals surface area contributed by atoms with Gasteiger partial charge in [0.1, 0.15) is 0 Å². The Hall–Kier alpha value is -1.57. The van der Waals surface area contributed by atoms with Crippen LogP contribution in [0, 0.1) is 0 Å². The fourth-order valence-electron chi connectivity index (χ4n) is 1.20. The normalized spacial score (nSPS) is 13.4. The van der Waals surface area contributed by atoms with Crippen LogP contribution in [-0.4, -0.2) is 11.5 Å². The SMILES string of the molecule is C1=CC(c2cccnc2)=CCN1.CC. The van der Waals surface area contributed by atoms with E-state index in [2.05, 4.69) is 28.5 Å². The number of pyridine rings is 1. The van der Waals surface area contributed by atoms with Crippen LogP contribution >= 0.6 is 0 Å². The number of allylic oxidation sites excluding steroid dienone is 2. The molecule has 1 aromatic heterocycles. The summed E-state index contributed by atoms with van der Waals surface area (Å²) in [5.41, 5.74) is 2.41. The number of hydrogen-bond donors (Lipinski definition) is 1. The predicted molar refractivity (Wildman–Crippen MR) is 60.7 cm³/mol. The van der Waals surface area contributed by atoms with Crippen molar-refractivity contribution in [2.45, 2.75) is 13.8 Å². The molecule has 74 valence electrons. The summed E-state index contributed by atoms with van der Waals surface area (Å²) in [7, 11) is 0. The first-order chi connectivity index (χ1) is 6.97. The van der Waals surface area contributed by atoms with Gasteiger partial charge in [-0.05, 0) is 29.5 Å². The van der Waals surface area contributed by atoms with Crippen molar-refractivity contribution < 1.29 is 0 Å². The molecule has 1 aliphatic heterocycles. The molecule has 0 bridgehead atoms. The van der Waals surface area contributed by atoms with Crippen LogP contribution in [-0.2, 0) is 0 Å². The zero-order valence-corrected chi connectivity index (χ0v) is 8.70. The maximum absolute atomic E-state index is 4.06. The summed E-state index contributed by atoms with van der Waals surface area (Å²) in [5, 5.41) is 3.11. The molecule has 0 aliphatic carbocycles. The highest BCUT2D eigenvalue weighted by Gasteiger charge is 1.98. The minimum absolute atomic E-state index is 0.903. The molecule has 0 saturated heterocycles. The van der Waals surface area contributed by atoms with E-state index in [-0.39, 0.29) is 0 Å². The molecule has 1 aliphatic rings. The number of dihydropyridines is 1. The van der Waals surface area contributed by atoms with Gasteiger partial charge in [0.2, 0.25) is 0 Å². The Labute approximate surface area is 85.4 Å². The van der Waals surface area contributed by atoms with Crippen LogP contribution in [0.3, 0.4) is 0 Å². The van der Waals surface area contributed by atoms with Crippen LogP contribution in [0.5, 0.6) is 0 Å². The van der Waals surface area contributed by atoms with Crippen LogP contribution in [0.25, 0.3) is 5.57 Å². The van der Waals surface area contributed by atoms with E-state index in [9.17, 15) is 0 Å². The summed E-state index contributed by atoms with van der Waals surface area (Å²) < 4.78 is 0. The molecule has 0 aromatic carbocycles. The summed E-state index contributed by atoms with van der Waals surface area (Å²) >= 11 is 0. The van der Waals surface area contributed by atoms with Gasteiger partial charge in [0.25, 0.3) is 0 Å². The van der Waals surface area contributed by atoms with Gasteiger partial charge >= 0.3 is 0 Å². The minimum Gasteiger partial charge on any atom is -0.387 e. The maximum atomic E-state index is 4.06. The number of hydrogen-bond acceptors (Lipinski definition) is 2. The lowest BCUT2D eigenvalue weighted by atomic mass is 10.1. The summed E-state index contributed by atoms with van der Waals surface area (Å²) in [6.45, 7) is 4.90. The van der Waals surface area contributed by atoms with Crippen molar-refractivity contribution in [2.75, 3.05) is 6.54 Å². The number of aromatic nitrogens is 1. The molecule has 14 heavy (non-hydrogen) atoms. The van der Waals surface area contributed by atoms with E-state index in [1.807, 2.05) is 32.3 Å². The van der Waals surface area contributed by atoms with Crippen molar-refractivity contribution in [2.24, 2.45) is 0 Å². The highest BCUT2D eigenvalue weighted by Crippen LogP contribution is 2.14. The summed E-state index contributed by atoms with van der Waals surface area (Å²) in [5.74, 6) is 0. The average Bonchev–Trinajstić information content (AvgIpc) is 2.34. The van der Waals surface area contributed by atoms with Gasteiger partial charge in [0, 0.05) is 18.9 Å². The highest BCUT2D eigenvalue weighted by molar-refractivity contribution is 5.74. The molecule has 2 heteroatoms. The third-order valence-corrected chi connectivity index (χ3v) is 1.82. The molecule has 0 amide bonds. The largest absolute Gasteiger partial charge is 0.387 e. The van der Waals surface area contributed by atoms with E-state index >= 15 is 0 Å². The average molecular weight is 188 g/mol. The number of nitrogens with one attached hydrogen (secondary N) is 1. The van der Waals surface area contributed by atoms with Crippen LogP contribution in [0.1, 0.15) is 19.4 Å². The summed E-state index contributed by atoms with van der Waals surface area (Å²) in [6.07, 6.45) is 9.83. The van der Waals surface area contributed by atoms with E-state index in [0.29, 0.717) is 0 Å². The van der Waals surface area contributed by atoms with Crippen molar-refractivity contribution in [3.05, 3.63) is 48.4 Å². The van der Waals surface area contributed by atoms with Gasteiger partial charge in [0.05, 0.1) is 0 Å². The monoisotopic (exact) mass is 188 g/mol. The quantitative estimate of drug-likeness (QED) is 0.732. The van der Waals surface area contributed by atoms with Gasteiger partial charge < -0.3 is 5.32 Å². The van der Waals surface area contributed by atoms with Crippen molar-refractivity contribution >= 4 is 5.57 Å². The van der Waals surface area contributed by atoms with Gasteiger partial charge in [-0.3, -0.25) is 4.98 Å². The molecular formula is C12H16N2. The van der Waals surface area contributed by atoms with E-state index in [0.717, 1.165) is 6.54 Å². The third kappa shape index (κ3) is 2.73. The lowest BCUT2D eigenvalue weighted by Crippen LogP contribution is -2.08. The van der Waals surface area contributed by atoms with Gasteiger partial charge in [-0.15, -0.1) is 0 Å². The van der Waals surface area contributed by atoms with E-state index < -0.39 is 0 Å². The second-order valence-electron chi connectivity index (χ2n) is 2.64. The lowest BCUT2D eigenvalue weighted by molar-refractivity contribution is 0.975. The molecule has 2 heterocycles. The second-order valence-corrected chi connectivity index (χ2v) is 2.64. The minimum atomic E-state index is 0.903. The molecule has 0 spiro atoms. The second kappa shape index (κ2) is 5.97. The first-order valence-corrected chi connectivity index (χ1v) is 4.97. The van der Waals surface area contributed by atoms with Crippen LogP contribution in [0.4, 0.5) is 0 Å². The summed E-state index contributed by atoms with van der Waals surface area (Å²) in [6, 6.07) is 4.01. The molecule has 0 fully saturated rings. The molecule has 2 nitrogen and oxygen atoms in total. The van der Waals surface area contributed by atoms with Crippen molar-refractivity contribution in [1.82, 2.24) is 10.3 Å². The van der Waals surface area contributed by atoms with Crippen LogP contribution in [0.2, 0.25) is 0 Å². The Morgan fingerprint density at radius 2 is 2.21 bits per heavy atom. The van der Waals surface area contributed by atoms with Crippen LogP contribution < -0.4 is 5.32 Å². The van der Waals surface area contributed by atoms with E-state index in [4.69, 9.17) is 0 Å². The fraction of sp³-hybridized carbons (Fsp3) is 0.250. The first-order valence-electron chi connectivity index (χ1n) is 4.97. The Morgan fingerprint density at radius 1 is 1.36 bits per heavy atom. The predicted octanol–water partition coefficient (Wildman–Crippen LogP) is 2.61. The first kappa shape index (κ1) is 10.5. The van der Waals surface area contributed by atoms with Crippen LogP contribution in [0.15, 0.2) is 42.9 Å². The molecule has 2 rings (SSSR count). The zero-order chi connectivity index (χ0) is 10.2. The zero-order valence-electron chi connectivity index (χ0n) is 8.70. The molecule has 0 atom stereocenters.